The van der Waals surface area contributed by atoms with Gasteiger partial charge in [-0.3, -0.25) is 9.59 Å². The Kier molecular flexibility index (Phi) is 10.7. The predicted molar refractivity (Wildman–Crippen MR) is 153 cm³/mol. The van der Waals surface area contributed by atoms with E-state index in [9.17, 15) is 19.8 Å². The monoisotopic (exact) mass is 502 g/mol. The van der Waals surface area contributed by atoms with Crippen molar-refractivity contribution in [1.29, 1.82) is 0 Å². The molecule has 37 heavy (non-hydrogen) atoms. The van der Waals surface area contributed by atoms with Gasteiger partial charge in [0.2, 0.25) is 0 Å². The molecule has 4 nitrogen and oxygen atoms in total. The van der Waals surface area contributed by atoms with Crippen molar-refractivity contribution in [3.63, 3.8) is 0 Å². The minimum atomic E-state index is -1.44. The van der Waals surface area contributed by atoms with E-state index in [4.69, 9.17) is 0 Å². The summed E-state index contributed by atoms with van der Waals surface area (Å²) < 4.78 is 0. The third kappa shape index (κ3) is 7.55. The lowest BCUT2D eigenvalue weighted by atomic mass is 9.64. The fourth-order valence-electron chi connectivity index (χ4n) is 4.32. The summed E-state index contributed by atoms with van der Waals surface area (Å²) in [6.07, 6.45) is 10.2. The zero-order valence-corrected chi connectivity index (χ0v) is 23.4. The lowest BCUT2D eigenvalue weighted by molar-refractivity contribution is -0.137. The van der Waals surface area contributed by atoms with Crippen molar-refractivity contribution >= 4 is 17.3 Å². The molecule has 0 bridgehead atoms. The number of carbonyl (C=O) groups excluding carboxylic acids is 2. The highest BCUT2D eigenvalue weighted by molar-refractivity contribution is 6.26. The van der Waals surface area contributed by atoms with Crippen LogP contribution in [0, 0.1) is 5.41 Å². The first-order chi connectivity index (χ1) is 17.4. The molecule has 0 fully saturated rings. The lowest BCUT2D eigenvalue weighted by Gasteiger charge is -2.35. The molecule has 4 heteroatoms. The molecule has 0 aliphatic heterocycles. The molecule has 2 rings (SSSR count). The molecule has 1 aromatic carbocycles. The highest BCUT2D eigenvalue weighted by atomic mass is 16.3. The third-order valence-corrected chi connectivity index (χ3v) is 6.64. The molecular weight excluding hydrogens is 460 g/mol. The number of hydrogen-bond donors (Lipinski definition) is 2. The van der Waals surface area contributed by atoms with Gasteiger partial charge in [-0.05, 0) is 80.6 Å². The summed E-state index contributed by atoms with van der Waals surface area (Å²) in [5.41, 5.74) is 3.29. The van der Waals surface area contributed by atoms with E-state index in [-0.39, 0.29) is 42.0 Å². The van der Waals surface area contributed by atoms with Crippen molar-refractivity contribution in [2.24, 2.45) is 5.41 Å². The summed E-state index contributed by atoms with van der Waals surface area (Å²) in [4.78, 5) is 28.3. The van der Waals surface area contributed by atoms with Crippen molar-refractivity contribution in [3.05, 3.63) is 99.4 Å². The number of aliphatic hydroxyl groups is 2. The smallest absolute Gasteiger partial charge is 0.184 e. The second-order valence-corrected chi connectivity index (χ2v) is 10.7. The standard InChI is InChI=1S/C33H42O4/c1-22(2)12-11-13-25(7)19-21-33(20-18-24(5)6)31(36)27(17-16-23(3)4)30(35)28(32(33)37)29(34)26-14-9-8-10-15-26/h8-10,12,14-16,18-19,34-35H,11,13,17,20-21H2,1-7H3/b25-19+,29-28-. The van der Waals surface area contributed by atoms with E-state index in [0.717, 1.165) is 29.6 Å². The van der Waals surface area contributed by atoms with E-state index < -0.39 is 17.0 Å². The highest BCUT2D eigenvalue weighted by Crippen LogP contribution is 2.45. The van der Waals surface area contributed by atoms with Gasteiger partial charge in [0, 0.05) is 11.1 Å². The molecule has 0 aromatic heterocycles. The molecule has 0 amide bonds. The van der Waals surface area contributed by atoms with Crippen LogP contribution in [0.1, 0.15) is 86.1 Å². The van der Waals surface area contributed by atoms with Crippen LogP contribution in [0.4, 0.5) is 0 Å². The van der Waals surface area contributed by atoms with Crippen molar-refractivity contribution in [3.8, 4) is 0 Å². The van der Waals surface area contributed by atoms with Gasteiger partial charge in [0.05, 0.1) is 0 Å². The fraction of sp³-hybridized carbons (Fsp3) is 0.394. The molecule has 1 aromatic rings. The van der Waals surface area contributed by atoms with E-state index in [1.165, 1.54) is 5.57 Å². The van der Waals surface area contributed by atoms with Gasteiger partial charge in [-0.1, -0.05) is 76.9 Å². The van der Waals surface area contributed by atoms with Crippen molar-refractivity contribution < 1.29 is 19.8 Å². The normalized spacial score (nSPS) is 19.5. The summed E-state index contributed by atoms with van der Waals surface area (Å²) >= 11 is 0. The zero-order chi connectivity index (χ0) is 27.8. The number of aliphatic hydroxyl groups excluding tert-OH is 2. The van der Waals surface area contributed by atoms with Gasteiger partial charge in [-0.25, -0.2) is 0 Å². The van der Waals surface area contributed by atoms with E-state index in [1.807, 2.05) is 58.9 Å². The van der Waals surface area contributed by atoms with Gasteiger partial charge in [-0.2, -0.15) is 0 Å². The molecule has 1 unspecified atom stereocenters. The summed E-state index contributed by atoms with van der Waals surface area (Å²) in [7, 11) is 0. The molecule has 198 valence electrons. The second kappa shape index (κ2) is 13.2. The maximum Gasteiger partial charge on any atom is 0.184 e. The van der Waals surface area contributed by atoms with E-state index in [2.05, 4.69) is 19.9 Å². The molecule has 0 heterocycles. The van der Waals surface area contributed by atoms with Crippen LogP contribution < -0.4 is 0 Å². The predicted octanol–water partition coefficient (Wildman–Crippen LogP) is 8.70. The highest BCUT2D eigenvalue weighted by Gasteiger charge is 2.52. The molecule has 0 spiro atoms. The Hall–Kier alpha value is -3.40. The molecule has 2 N–H and O–H groups in total. The Morgan fingerprint density at radius 2 is 1.35 bits per heavy atom. The van der Waals surface area contributed by atoms with Crippen LogP contribution in [-0.4, -0.2) is 21.8 Å². The molecule has 1 aliphatic carbocycles. The van der Waals surface area contributed by atoms with E-state index in [1.54, 1.807) is 24.3 Å². The van der Waals surface area contributed by atoms with Gasteiger partial charge in [0.1, 0.15) is 22.5 Å². The molecule has 1 atom stereocenters. The maximum atomic E-state index is 14.2. The van der Waals surface area contributed by atoms with Crippen molar-refractivity contribution in [2.75, 3.05) is 0 Å². The first kappa shape index (κ1) is 29.8. The Morgan fingerprint density at radius 3 is 1.92 bits per heavy atom. The van der Waals surface area contributed by atoms with Crippen LogP contribution in [0.25, 0.3) is 5.76 Å². The largest absolute Gasteiger partial charge is 0.507 e. The Bertz CT molecular complexity index is 1190. The number of carbonyl (C=O) groups is 2. The zero-order valence-electron chi connectivity index (χ0n) is 23.4. The van der Waals surface area contributed by atoms with Gasteiger partial charge in [0.25, 0.3) is 0 Å². The van der Waals surface area contributed by atoms with Crippen LogP contribution in [0.3, 0.4) is 0 Å². The summed E-state index contributed by atoms with van der Waals surface area (Å²) in [5, 5.41) is 22.4. The van der Waals surface area contributed by atoms with Crippen LogP contribution in [0.2, 0.25) is 0 Å². The Morgan fingerprint density at radius 1 is 0.784 bits per heavy atom. The quantitative estimate of drug-likeness (QED) is 0.145. The second-order valence-electron chi connectivity index (χ2n) is 10.7. The number of benzene rings is 1. The van der Waals surface area contributed by atoms with Gasteiger partial charge in [0.15, 0.2) is 11.6 Å². The summed E-state index contributed by atoms with van der Waals surface area (Å²) in [6.45, 7) is 13.8. The average molecular weight is 503 g/mol. The number of Topliss-reactive ketones (excluding diaryl/α,β-unsaturated/α-hetero) is 2. The summed E-state index contributed by atoms with van der Waals surface area (Å²) in [6, 6.07) is 8.68. The maximum absolute atomic E-state index is 14.2. The molecule has 0 saturated heterocycles. The fourth-order valence-corrected chi connectivity index (χ4v) is 4.32. The SMILES string of the molecule is CC(C)=CCC/C(C)=C/CC1(CC=C(C)C)C(=O)C(CC=C(C)C)=C(O)/C(=C(/O)c2ccccc2)C1=O. The van der Waals surface area contributed by atoms with E-state index in [0.29, 0.717) is 5.56 Å². The third-order valence-electron chi connectivity index (χ3n) is 6.64. The number of hydrogen-bond acceptors (Lipinski definition) is 4. The summed E-state index contributed by atoms with van der Waals surface area (Å²) in [5.74, 6) is -1.65. The Balaban J connectivity index is 2.75. The number of ketones is 2. The minimum absolute atomic E-state index is 0.163. The van der Waals surface area contributed by atoms with Crippen LogP contribution in [0.5, 0.6) is 0 Å². The number of allylic oxidation sites excluding steroid dienone is 10. The average Bonchev–Trinajstić information content (AvgIpc) is 2.83. The van der Waals surface area contributed by atoms with Gasteiger partial charge < -0.3 is 10.2 Å². The molecule has 0 radical (unpaired) electrons. The van der Waals surface area contributed by atoms with Crippen LogP contribution in [-0.2, 0) is 9.59 Å². The van der Waals surface area contributed by atoms with Crippen molar-refractivity contribution in [2.45, 2.75) is 80.6 Å². The molecule has 1 aliphatic rings. The lowest BCUT2D eigenvalue weighted by Crippen LogP contribution is -2.45. The van der Waals surface area contributed by atoms with Gasteiger partial charge in [-0.15, -0.1) is 0 Å². The first-order valence-corrected chi connectivity index (χ1v) is 13.0. The topological polar surface area (TPSA) is 74.6 Å². The van der Waals surface area contributed by atoms with E-state index >= 15 is 0 Å². The number of rotatable bonds is 10. The molecular formula is C33H42O4. The van der Waals surface area contributed by atoms with Crippen LogP contribution in [0.15, 0.2) is 93.8 Å². The molecule has 0 saturated carbocycles. The van der Waals surface area contributed by atoms with Crippen molar-refractivity contribution in [1.82, 2.24) is 0 Å². The minimum Gasteiger partial charge on any atom is -0.507 e. The first-order valence-electron chi connectivity index (χ1n) is 13.0. The van der Waals surface area contributed by atoms with Gasteiger partial charge >= 0.3 is 0 Å². The Labute approximate surface area is 222 Å². The van der Waals surface area contributed by atoms with Crippen LogP contribution >= 0.6 is 0 Å².